The molecular weight excluding hydrogens is 232 g/mol. The second-order valence-corrected chi connectivity index (χ2v) is 6.52. The zero-order valence-electron chi connectivity index (χ0n) is 12.8. The molecule has 1 aromatic carbocycles. The van der Waals surface area contributed by atoms with Crippen molar-refractivity contribution >= 4 is 5.69 Å². The lowest BCUT2D eigenvalue weighted by molar-refractivity contribution is 0.356. The number of piperidine rings is 1. The van der Waals surface area contributed by atoms with Crippen molar-refractivity contribution in [1.82, 2.24) is 5.32 Å². The first-order valence-electron chi connectivity index (χ1n) is 7.62. The number of anilines is 1. The van der Waals surface area contributed by atoms with Crippen LogP contribution in [-0.2, 0) is 6.54 Å². The number of benzene rings is 1. The first-order chi connectivity index (χ1) is 9.06. The highest BCUT2D eigenvalue weighted by molar-refractivity contribution is 5.54. The van der Waals surface area contributed by atoms with Crippen molar-refractivity contribution in [1.29, 1.82) is 0 Å². The highest BCUT2D eigenvalue weighted by Gasteiger charge is 2.23. The Morgan fingerprint density at radius 2 is 1.79 bits per heavy atom. The Labute approximate surface area is 118 Å². The van der Waals surface area contributed by atoms with E-state index in [2.05, 4.69) is 62.2 Å². The molecule has 2 atom stereocenters. The van der Waals surface area contributed by atoms with Gasteiger partial charge in [0.05, 0.1) is 0 Å². The van der Waals surface area contributed by atoms with Gasteiger partial charge in [0.25, 0.3) is 0 Å². The molecule has 2 heteroatoms. The highest BCUT2D eigenvalue weighted by Crippen LogP contribution is 2.28. The quantitative estimate of drug-likeness (QED) is 0.888. The molecule has 0 aromatic heterocycles. The fourth-order valence-electron chi connectivity index (χ4n) is 3.14. The third-order valence-electron chi connectivity index (χ3n) is 3.90. The van der Waals surface area contributed by atoms with Gasteiger partial charge >= 0.3 is 0 Å². The van der Waals surface area contributed by atoms with Gasteiger partial charge in [-0.25, -0.2) is 0 Å². The molecule has 106 valence electrons. The molecule has 1 N–H and O–H groups in total. The number of nitrogens with zero attached hydrogens (tertiary/aromatic N) is 1. The summed E-state index contributed by atoms with van der Waals surface area (Å²) in [6, 6.07) is 9.39. The maximum Gasteiger partial charge on any atom is 0.0412 e. The van der Waals surface area contributed by atoms with Crippen molar-refractivity contribution in [3.8, 4) is 0 Å². The number of para-hydroxylation sites is 1. The van der Waals surface area contributed by atoms with Crippen molar-refractivity contribution in [2.45, 2.75) is 46.7 Å². The van der Waals surface area contributed by atoms with Crippen LogP contribution in [0.5, 0.6) is 0 Å². The van der Waals surface area contributed by atoms with Crippen LogP contribution in [-0.4, -0.2) is 19.1 Å². The summed E-state index contributed by atoms with van der Waals surface area (Å²) in [4.78, 5) is 2.58. The first kappa shape index (κ1) is 14.4. The molecule has 0 spiro atoms. The summed E-state index contributed by atoms with van der Waals surface area (Å²) in [7, 11) is 0. The molecule has 1 aliphatic heterocycles. The molecule has 2 rings (SSSR count). The summed E-state index contributed by atoms with van der Waals surface area (Å²) in [5.74, 6) is 1.60. The van der Waals surface area contributed by atoms with E-state index in [0.717, 1.165) is 18.4 Å². The minimum Gasteiger partial charge on any atom is -0.371 e. The van der Waals surface area contributed by atoms with Crippen molar-refractivity contribution in [3.05, 3.63) is 29.8 Å². The Balaban J connectivity index is 2.14. The average Bonchev–Trinajstić information content (AvgIpc) is 2.35. The van der Waals surface area contributed by atoms with Gasteiger partial charge in [-0.1, -0.05) is 45.9 Å². The predicted octanol–water partition coefficient (Wildman–Crippen LogP) is 3.67. The molecular formula is C17H28N2. The molecule has 0 saturated carbocycles. The molecule has 0 amide bonds. The van der Waals surface area contributed by atoms with E-state index in [1.165, 1.54) is 30.8 Å². The Hall–Kier alpha value is -1.02. The number of hydrogen-bond donors (Lipinski definition) is 1. The van der Waals surface area contributed by atoms with E-state index in [4.69, 9.17) is 0 Å². The lowest BCUT2D eigenvalue weighted by Crippen LogP contribution is -2.39. The normalized spacial score (nSPS) is 23.9. The second-order valence-electron chi connectivity index (χ2n) is 6.52. The van der Waals surface area contributed by atoms with Crippen LogP contribution in [0.1, 0.15) is 39.7 Å². The third kappa shape index (κ3) is 3.97. The summed E-state index contributed by atoms with van der Waals surface area (Å²) < 4.78 is 0. The van der Waals surface area contributed by atoms with E-state index in [1.54, 1.807) is 0 Å². The minimum absolute atomic E-state index is 0.534. The predicted molar refractivity (Wildman–Crippen MR) is 83.6 cm³/mol. The molecule has 1 aliphatic rings. The van der Waals surface area contributed by atoms with Gasteiger partial charge in [0, 0.05) is 31.4 Å². The maximum atomic E-state index is 3.54. The fourth-order valence-corrected chi connectivity index (χ4v) is 3.14. The van der Waals surface area contributed by atoms with Crippen LogP contribution in [0.15, 0.2) is 24.3 Å². The zero-order chi connectivity index (χ0) is 13.8. The third-order valence-corrected chi connectivity index (χ3v) is 3.90. The van der Waals surface area contributed by atoms with Crippen molar-refractivity contribution in [3.63, 3.8) is 0 Å². The van der Waals surface area contributed by atoms with Crippen molar-refractivity contribution < 1.29 is 0 Å². The number of rotatable bonds is 4. The molecule has 2 nitrogen and oxygen atoms in total. The molecule has 2 unspecified atom stereocenters. The van der Waals surface area contributed by atoms with Crippen LogP contribution in [0, 0.1) is 11.8 Å². The van der Waals surface area contributed by atoms with Crippen molar-refractivity contribution in [2.75, 3.05) is 18.0 Å². The van der Waals surface area contributed by atoms with Crippen molar-refractivity contribution in [2.24, 2.45) is 11.8 Å². The van der Waals surface area contributed by atoms with Gasteiger partial charge in [0.1, 0.15) is 0 Å². The standard InChI is InChI=1S/C17H28N2/c1-13(2)18-10-16-7-5-6-8-17(16)19-11-14(3)9-15(4)12-19/h5-8,13-15,18H,9-12H2,1-4H3. The van der Waals surface area contributed by atoms with Crippen LogP contribution < -0.4 is 10.2 Å². The summed E-state index contributed by atoms with van der Waals surface area (Å²) in [5.41, 5.74) is 2.85. The zero-order valence-corrected chi connectivity index (χ0v) is 12.8. The number of nitrogens with one attached hydrogen (secondary N) is 1. The molecule has 0 radical (unpaired) electrons. The lowest BCUT2D eigenvalue weighted by atomic mass is 9.91. The lowest BCUT2D eigenvalue weighted by Gasteiger charge is -2.37. The summed E-state index contributed by atoms with van der Waals surface area (Å²) in [6.45, 7) is 12.5. The van der Waals surface area contributed by atoms with Crippen LogP contribution in [0.2, 0.25) is 0 Å². The van der Waals surface area contributed by atoms with Crippen LogP contribution in [0.25, 0.3) is 0 Å². The Morgan fingerprint density at radius 1 is 1.16 bits per heavy atom. The van der Waals surface area contributed by atoms with Crippen LogP contribution in [0.3, 0.4) is 0 Å². The smallest absolute Gasteiger partial charge is 0.0412 e. The second kappa shape index (κ2) is 6.42. The van der Waals surface area contributed by atoms with Gasteiger partial charge in [-0.2, -0.15) is 0 Å². The molecule has 1 saturated heterocycles. The van der Waals surface area contributed by atoms with E-state index in [9.17, 15) is 0 Å². The van der Waals surface area contributed by atoms with E-state index in [0.29, 0.717) is 6.04 Å². The molecule has 1 heterocycles. The number of hydrogen-bond acceptors (Lipinski definition) is 2. The van der Waals surface area contributed by atoms with Gasteiger partial charge in [0.15, 0.2) is 0 Å². The Kier molecular flexibility index (Phi) is 4.87. The van der Waals surface area contributed by atoms with E-state index in [1.807, 2.05) is 0 Å². The summed E-state index contributed by atoms with van der Waals surface area (Å²) in [6.07, 6.45) is 1.36. The summed E-state index contributed by atoms with van der Waals surface area (Å²) in [5, 5.41) is 3.54. The van der Waals surface area contributed by atoms with E-state index < -0.39 is 0 Å². The molecule has 0 aliphatic carbocycles. The van der Waals surface area contributed by atoms with Gasteiger partial charge < -0.3 is 10.2 Å². The Morgan fingerprint density at radius 3 is 2.42 bits per heavy atom. The molecule has 0 bridgehead atoms. The molecule has 1 fully saturated rings. The van der Waals surface area contributed by atoms with Gasteiger partial charge in [-0.05, 0) is 29.9 Å². The topological polar surface area (TPSA) is 15.3 Å². The average molecular weight is 260 g/mol. The van der Waals surface area contributed by atoms with Gasteiger partial charge in [0.2, 0.25) is 0 Å². The van der Waals surface area contributed by atoms with E-state index in [-0.39, 0.29) is 0 Å². The monoisotopic (exact) mass is 260 g/mol. The fraction of sp³-hybridized carbons (Fsp3) is 0.647. The summed E-state index contributed by atoms with van der Waals surface area (Å²) >= 11 is 0. The van der Waals surface area contributed by atoms with E-state index >= 15 is 0 Å². The maximum absolute atomic E-state index is 3.54. The van der Waals surface area contributed by atoms with Gasteiger partial charge in [-0.3, -0.25) is 0 Å². The first-order valence-corrected chi connectivity index (χ1v) is 7.62. The molecule has 19 heavy (non-hydrogen) atoms. The molecule has 1 aromatic rings. The van der Waals surface area contributed by atoms with Gasteiger partial charge in [-0.15, -0.1) is 0 Å². The minimum atomic E-state index is 0.534. The SMILES string of the molecule is CC1CC(C)CN(c2ccccc2CNC(C)C)C1. The largest absolute Gasteiger partial charge is 0.371 e. The van der Waals surface area contributed by atoms with Crippen LogP contribution >= 0.6 is 0 Å². The Bertz CT molecular complexity index is 390. The highest BCUT2D eigenvalue weighted by atomic mass is 15.1. The van der Waals surface area contributed by atoms with Crippen LogP contribution in [0.4, 0.5) is 5.69 Å².